The second kappa shape index (κ2) is 12.2. The molecule has 3 atom stereocenters. The number of carbonyl (C=O) groups is 2. The summed E-state index contributed by atoms with van der Waals surface area (Å²) in [4.78, 5) is 35.4. The van der Waals surface area contributed by atoms with Crippen molar-refractivity contribution in [2.45, 2.75) is 52.0 Å². The molecule has 3 fully saturated rings. The molecule has 1 saturated carbocycles. The maximum absolute atomic E-state index is 13.7. The Kier molecular flexibility index (Phi) is 8.20. The van der Waals surface area contributed by atoms with Gasteiger partial charge in [0.15, 0.2) is 0 Å². The number of aryl methyl sites for hydroxylation is 2. The summed E-state index contributed by atoms with van der Waals surface area (Å²) in [6.07, 6.45) is 8.89. The number of amides is 2. The van der Waals surface area contributed by atoms with Crippen LogP contribution in [0.3, 0.4) is 0 Å². The molecule has 2 aromatic carbocycles. The van der Waals surface area contributed by atoms with E-state index in [0.717, 1.165) is 79.8 Å². The van der Waals surface area contributed by atoms with Gasteiger partial charge in [-0.3, -0.25) is 14.6 Å². The summed E-state index contributed by atoms with van der Waals surface area (Å²) in [6.45, 7) is 8.75. The fourth-order valence-electron chi connectivity index (χ4n) is 7.41. The molecule has 3 aliphatic rings. The summed E-state index contributed by atoms with van der Waals surface area (Å²) in [5, 5.41) is 3.39. The SMILES string of the molecule is Cc1cc(-c2ccncc2)cc(C)c1C(=O)N1CC2CN(CC[C@H](NC(=O)C3CCCC3)c3ccccc3)CC2C1. The molecule has 1 N–H and O–H groups in total. The first-order chi connectivity index (χ1) is 20.0. The molecule has 2 aliphatic heterocycles. The number of aromatic nitrogens is 1. The van der Waals surface area contributed by atoms with Crippen molar-refractivity contribution in [3.05, 3.63) is 89.2 Å². The third kappa shape index (κ3) is 6.08. The first-order valence-corrected chi connectivity index (χ1v) is 15.3. The third-order valence-electron chi connectivity index (χ3n) is 9.59. The average Bonchev–Trinajstić information content (AvgIpc) is 3.73. The summed E-state index contributed by atoms with van der Waals surface area (Å²) in [5.41, 5.74) is 6.35. The number of pyridine rings is 1. The zero-order valence-electron chi connectivity index (χ0n) is 24.4. The van der Waals surface area contributed by atoms with E-state index in [-0.39, 0.29) is 23.8 Å². The summed E-state index contributed by atoms with van der Waals surface area (Å²) in [6, 6.07) is 18.7. The van der Waals surface area contributed by atoms with E-state index in [4.69, 9.17) is 0 Å². The second-order valence-corrected chi connectivity index (χ2v) is 12.5. The van der Waals surface area contributed by atoms with E-state index in [1.807, 2.05) is 18.2 Å². The molecule has 3 aromatic rings. The van der Waals surface area contributed by atoms with Gasteiger partial charge in [0.05, 0.1) is 6.04 Å². The number of nitrogens with one attached hydrogen (secondary N) is 1. The van der Waals surface area contributed by atoms with Gasteiger partial charge in [0.25, 0.3) is 5.91 Å². The molecule has 6 nitrogen and oxygen atoms in total. The smallest absolute Gasteiger partial charge is 0.254 e. The zero-order valence-corrected chi connectivity index (χ0v) is 24.4. The van der Waals surface area contributed by atoms with Crippen LogP contribution in [-0.4, -0.2) is 59.3 Å². The van der Waals surface area contributed by atoms with Crippen LogP contribution >= 0.6 is 0 Å². The largest absolute Gasteiger partial charge is 0.349 e. The first kappa shape index (κ1) is 27.6. The standard InChI is InChI=1S/C35H42N4O2/c1-24-18-29(26-12-15-36-16-13-26)19-25(2)33(24)35(41)39-22-30-20-38(21-31(30)23-39)17-14-32(27-8-4-3-5-9-27)37-34(40)28-10-6-7-11-28/h3-5,8-9,12-13,15-16,18-19,28,30-32H,6-7,10-11,14,17,20-23H2,1-2H3,(H,37,40)/t30?,31?,32-/m0/s1. The number of likely N-dealkylation sites (tertiary alicyclic amines) is 2. The molecule has 2 amide bonds. The maximum atomic E-state index is 13.7. The second-order valence-electron chi connectivity index (χ2n) is 12.5. The van der Waals surface area contributed by atoms with Crippen LogP contribution in [0.4, 0.5) is 0 Å². The normalized spacial score (nSPS) is 21.7. The maximum Gasteiger partial charge on any atom is 0.254 e. The molecular weight excluding hydrogens is 508 g/mol. The number of fused-ring (bicyclic) bond motifs is 1. The van der Waals surface area contributed by atoms with Gasteiger partial charge < -0.3 is 15.1 Å². The van der Waals surface area contributed by atoms with Crippen LogP contribution in [0.5, 0.6) is 0 Å². The molecule has 0 spiro atoms. The minimum atomic E-state index is 0.0453. The molecule has 2 saturated heterocycles. The van der Waals surface area contributed by atoms with Crippen molar-refractivity contribution in [1.29, 1.82) is 0 Å². The van der Waals surface area contributed by atoms with Gasteiger partial charge in [-0.15, -0.1) is 0 Å². The lowest BCUT2D eigenvalue weighted by molar-refractivity contribution is -0.125. The fraction of sp³-hybridized carbons (Fsp3) is 0.457. The Morgan fingerprint density at radius 2 is 1.51 bits per heavy atom. The molecule has 3 heterocycles. The van der Waals surface area contributed by atoms with Crippen molar-refractivity contribution >= 4 is 11.8 Å². The van der Waals surface area contributed by atoms with Gasteiger partial charge in [0, 0.05) is 56.6 Å². The highest BCUT2D eigenvalue weighted by molar-refractivity contribution is 5.98. The van der Waals surface area contributed by atoms with Gasteiger partial charge in [-0.05, 0) is 84.9 Å². The molecule has 41 heavy (non-hydrogen) atoms. The minimum absolute atomic E-state index is 0.0453. The molecule has 6 rings (SSSR count). The van der Waals surface area contributed by atoms with Crippen LogP contribution in [0, 0.1) is 31.6 Å². The highest BCUT2D eigenvalue weighted by Gasteiger charge is 2.42. The molecular formula is C35H42N4O2. The van der Waals surface area contributed by atoms with Gasteiger partial charge in [-0.1, -0.05) is 55.3 Å². The Balaban J connectivity index is 1.06. The van der Waals surface area contributed by atoms with Crippen molar-refractivity contribution in [3.8, 4) is 11.1 Å². The lowest BCUT2D eigenvalue weighted by Gasteiger charge is -2.26. The number of nitrogens with zero attached hydrogens (tertiary/aromatic N) is 3. The highest BCUT2D eigenvalue weighted by atomic mass is 16.2. The van der Waals surface area contributed by atoms with E-state index < -0.39 is 0 Å². The lowest BCUT2D eigenvalue weighted by Crippen LogP contribution is -2.37. The fourth-order valence-corrected chi connectivity index (χ4v) is 7.41. The van der Waals surface area contributed by atoms with E-state index in [9.17, 15) is 9.59 Å². The van der Waals surface area contributed by atoms with E-state index in [2.05, 4.69) is 70.3 Å². The van der Waals surface area contributed by atoms with Gasteiger partial charge >= 0.3 is 0 Å². The van der Waals surface area contributed by atoms with Crippen molar-refractivity contribution in [3.63, 3.8) is 0 Å². The van der Waals surface area contributed by atoms with E-state index >= 15 is 0 Å². The van der Waals surface area contributed by atoms with Gasteiger partial charge in [-0.2, -0.15) is 0 Å². The molecule has 6 heteroatoms. The highest BCUT2D eigenvalue weighted by Crippen LogP contribution is 2.34. The number of hydrogen-bond donors (Lipinski definition) is 1. The molecule has 1 aromatic heterocycles. The summed E-state index contributed by atoms with van der Waals surface area (Å²) < 4.78 is 0. The Morgan fingerprint density at radius 1 is 0.878 bits per heavy atom. The summed E-state index contributed by atoms with van der Waals surface area (Å²) in [5.74, 6) is 1.59. The van der Waals surface area contributed by atoms with E-state index in [0.29, 0.717) is 11.8 Å². The number of hydrogen-bond acceptors (Lipinski definition) is 4. The third-order valence-corrected chi connectivity index (χ3v) is 9.59. The number of benzene rings is 2. The summed E-state index contributed by atoms with van der Waals surface area (Å²) in [7, 11) is 0. The summed E-state index contributed by atoms with van der Waals surface area (Å²) >= 11 is 0. The lowest BCUT2D eigenvalue weighted by atomic mass is 9.95. The van der Waals surface area contributed by atoms with Crippen molar-refractivity contribution in [2.75, 3.05) is 32.7 Å². The monoisotopic (exact) mass is 550 g/mol. The molecule has 2 unspecified atom stereocenters. The Labute approximate surface area is 244 Å². The van der Waals surface area contributed by atoms with Crippen LogP contribution in [0.2, 0.25) is 0 Å². The van der Waals surface area contributed by atoms with Gasteiger partial charge in [0.1, 0.15) is 0 Å². The zero-order chi connectivity index (χ0) is 28.3. The Bertz CT molecular complexity index is 1330. The van der Waals surface area contributed by atoms with Crippen LogP contribution < -0.4 is 5.32 Å². The van der Waals surface area contributed by atoms with Crippen molar-refractivity contribution < 1.29 is 9.59 Å². The van der Waals surface area contributed by atoms with Crippen molar-refractivity contribution in [2.24, 2.45) is 17.8 Å². The number of rotatable bonds is 8. The molecule has 1 aliphatic carbocycles. The van der Waals surface area contributed by atoms with E-state index in [1.165, 1.54) is 18.4 Å². The molecule has 0 radical (unpaired) electrons. The predicted molar refractivity (Wildman–Crippen MR) is 162 cm³/mol. The van der Waals surface area contributed by atoms with Crippen LogP contribution in [0.1, 0.15) is 65.2 Å². The van der Waals surface area contributed by atoms with Crippen LogP contribution in [-0.2, 0) is 4.79 Å². The van der Waals surface area contributed by atoms with Crippen molar-refractivity contribution in [1.82, 2.24) is 20.1 Å². The van der Waals surface area contributed by atoms with Gasteiger partial charge in [-0.25, -0.2) is 0 Å². The average molecular weight is 551 g/mol. The predicted octanol–water partition coefficient (Wildman–Crippen LogP) is 5.81. The van der Waals surface area contributed by atoms with Crippen LogP contribution in [0.15, 0.2) is 67.0 Å². The Morgan fingerprint density at radius 3 is 2.15 bits per heavy atom. The minimum Gasteiger partial charge on any atom is -0.349 e. The number of carbonyl (C=O) groups excluding carboxylic acids is 2. The molecule has 0 bridgehead atoms. The van der Waals surface area contributed by atoms with Gasteiger partial charge in [0.2, 0.25) is 5.91 Å². The topological polar surface area (TPSA) is 65.5 Å². The molecule has 214 valence electrons. The van der Waals surface area contributed by atoms with E-state index in [1.54, 1.807) is 12.4 Å². The Hall–Kier alpha value is -3.51. The van der Waals surface area contributed by atoms with Crippen LogP contribution in [0.25, 0.3) is 11.1 Å². The first-order valence-electron chi connectivity index (χ1n) is 15.3. The quantitative estimate of drug-likeness (QED) is 0.385.